The lowest BCUT2D eigenvalue weighted by Gasteiger charge is -2.17. The first-order valence-electron chi connectivity index (χ1n) is 9.77. The maximum atomic E-state index is 12.8. The Hall–Kier alpha value is -3.41. The molecule has 2 N–H and O–H groups in total. The van der Waals surface area contributed by atoms with E-state index in [9.17, 15) is 9.59 Å². The van der Waals surface area contributed by atoms with Crippen molar-refractivity contribution in [1.29, 1.82) is 0 Å². The third-order valence-corrected chi connectivity index (χ3v) is 5.42. The Morgan fingerprint density at radius 3 is 2.41 bits per heavy atom. The van der Waals surface area contributed by atoms with Gasteiger partial charge >= 0.3 is 5.97 Å². The molecule has 1 saturated heterocycles. The number of likely N-dealkylation sites (tertiary alicyclic amines) is 1. The molecule has 148 valence electrons. The fraction of sp³-hybridized carbons (Fsp3) is 0.261. The number of hydrogen-bond donors (Lipinski definition) is 2. The molecule has 6 heteroatoms. The standard InChI is InChI=1S/C23H23N3O3/c27-22(28)14-17-3-1-16(2-4-17)13-18-10-12-26(15-18)23(29)20-7-5-19(6-8-20)21-9-11-24-25-21/h1-9,11,18H,10,12-15H2,(H,24,25)(H,27,28). The Kier molecular flexibility index (Phi) is 5.42. The van der Waals surface area contributed by atoms with Crippen LogP contribution in [0, 0.1) is 5.92 Å². The molecule has 2 aromatic carbocycles. The predicted molar refractivity (Wildman–Crippen MR) is 110 cm³/mol. The second-order valence-electron chi connectivity index (χ2n) is 7.54. The van der Waals surface area contributed by atoms with Crippen LogP contribution in [0.2, 0.25) is 0 Å². The summed E-state index contributed by atoms with van der Waals surface area (Å²) in [6.45, 7) is 1.51. The molecule has 29 heavy (non-hydrogen) atoms. The number of hydrogen-bond acceptors (Lipinski definition) is 3. The number of carboxylic acid groups (broad SMARTS) is 1. The highest BCUT2D eigenvalue weighted by molar-refractivity contribution is 5.94. The first-order chi connectivity index (χ1) is 14.1. The van der Waals surface area contributed by atoms with Crippen LogP contribution in [0.4, 0.5) is 0 Å². The molecule has 0 spiro atoms. The van der Waals surface area contributed by atoms with Crippen molar-refractivity contribution in [1.82, 2.24) is 15.1 Å². The normalized spacial score (nSPS) is 16.1. The van der Waals surface area contributed by atoms with Gasteiger partial charge in [-0.2, -0.15) is 5.10 Å². The van der Waals surface area contributed by atoms with Gasteiger partial charge in [0.05, 0.1) is 12.1 Å². The van der Waals surface area contributed by atoms with Gasteiger partial charge in [0.1, 0.15) is 0 Å². The van der Waals surface area contributed by atoms with Crippen LogP contribution in [-0.4, -0.2) is 45.2 Å². The van der Waals surface area contributed by atoms with E-state index in [1.54, 1.807) is 6.20 Å². The lowest BCUT2D eigenvalue weighted by Crippen LogP contribution is -2.28. The van der Waals surface area contributed by atoms with E-state index in [-0.39, 0.29) is 12.3 Å². The third kappa shape index (κ3) is 4.54. The minimum atomic E-state index is -0.819. The highest BCUT2D eigenvalue weighted by Gasteiger charge is 2.27. The van der Waals surface area contributed by atoms with Crippen LogP contribution < -0.4 is 0 Å². The fourth-order valence-electron chi connectivity index (χ4n) is 3.88. The Morgan fingerprint density at radius 2 is 1.76 bits per heavy atom. The van der Waals surface area contributed by atoms with Crippen molar-refractivity contribution in [2.45, 2.75) is 19.3 Å². The molecular formula is C23H23N3O3. The molecule has 1 fully saturated rings. The number of carbonyl (C=O) groups is 2. The van der Waals surface area contributed by atoms with Crippen LogP contribution in [0.15, 0.2) is 60.8 Å². The van der Waals surface area contributed by atoms with Crippen molar-refractivity contribution >= 4 is 11.9 Å². The van der Waals surface area contributed by atoms with E-state index in [1.165, 1.54) is 5.56 Å². The average Bonchev–Trinajstić information content (AvgIpc) is 3.41. The summed E-state index contributed by atoms with van der Waals surface area (Å²) >= 11 is 0. The molecule has 1 aliphatic rings. The molecule has 6 nitrogen and oxygen atoms in total. The van der Waals surface area contributed by atoms with Crippen LogP contribution >= 0.6 is 0 Å². The van der Waals surface area contributed by atoms with Crippen molar-refractivity contribution < 1.29 is 14.7 Å². The van der Waals surface area contributed by atoms with Gasteiger partial charge in [-0.1, -0.05) is 36.4 Å². The van der Waals surface area contributed by atoms with E-state index in [0.29, 0.717) is 11.5 Å². The maximum absolute atomic E-state index is 12.8. The highest BCUT2D eigenvalue weighted by atomic mass is 16.4. The van der Waals surface area contributed by atoms with Gasteiger partial charge in [-0.3, -0.25) is 14.7 Å². The Balaban J connectivity index is 1.34. The smallest absolute Gasteiger partial charge is 0.307 e. The molecule has 3 aromatic rings. The fourth-order valence-corrected chi connectivity index (χ4v) is 3.88. The van der Waals surface area contributed by atoms with E-state index in [0.717, 1.165) is 42.8 Å². The molecule has 1 atom stereocenters. The van der Waals surface area contributed by atoms with Crippen LogP contribution in [0.3, 0.4) is 0 Å². The molecule has 1 aromatic heterocycles. The molecule has 0 bridgehead atoms. The van der Waals surface area contributed by atoms with E-state index < -0.39 is 5.97 Å². The molecule has 1 aliphatic heterocycles. The number of aromatic amines is 1. The zero-order valence-electron chi connectivity index (χ0n) is 16.0. The lowest BCUT2D eigenvalue weighted by atomic mass is 9.97. The zero-order valence-corrected chi connectivity index (χ0v) is 16.0. The molecule has 0 saturated carbocycles. The van der Waals surface area contributed by atoms with Gasteiger partial charge in [0.25, 0.3) is 5.91 Å². The zero-order chi connectivity index (χ0) is 20.2. The van der Waals surface area contributed by atoms with Crippen LogP contribution in [0.25, 0.3) is 11.3 Å². The quantitative estimate of drug-likeness (QED) is 0.676. The van der Waals surface area contributed by atoms with Gasteiger partial charge in [-0.25, -0.2) is 0 Å². The highest BCUT2D eigenvalue weighted by Crippen LogP contribution is 2.24. The van der Waals surface area contributed by atoms with E-state index in [4.69, 9.17) is 5.11 Å². The summed E-state index contributed by atoms with van der Waals surface area (Å²) in [5, 5.41) is 15.7. The number of nitrogens with one attached hydrogen (secondary N) is 1. The first-order valence-corrected chi connectivity index (χ1v) is 9.77. The van der Waals surface area contributed by atoms with Gasteiger partial charge in [0.15, 0.2) is 0 Å². The second kappa shape index (κ2) is 8.31. The maximum Gasteiger partial charge on any atom is 0.307 e. The van der Waals surface area contributed by atoms with Crippen molar-refractivity contribution in [3.63, 3.8) is 0 Å². The van der Waals surface area contributed by atoms with Gasteiger partial charge < -0.3 is 10.0 Å². The number of nitrogens with zero attached hydrogens (tertiary/aromatic N) is 2. The Morgan fingerprint density at radius 1 is 1.03 bits per heavy atom. The van der Waals surface area contributed by atoms with Crippen molar-refractivity contribution in [2.75, 3.05) is 13.1 Å². The summed E-state index contributed by atoms with van der Waals surface area (Å²) < 4.78 is 0. The summed E-state index contributed by atoms with van der Waals surface area (Å²) in [6.07, 6.45) is 3.63. The lowest BCUT2D eigenvalue weighted by molar-refractivity contribution is -0.136. The predicted octanol–water partition coefficient (Wildman–Crippen LogP) is 3.41. The molecular weight excluding hydrogens is 366 g/mol. The van der Waals surface area contributed by atoms with Crippen molar-refractivity contribution in [3.05, 3.63) is 77.5 Å². The van der Waals surface area contributed by atoms with E-state index >= 15 is 0 Å². The summed E-state index contributed by atoms with van der Waals surface area (Å²) in [5.41, 5.74) is 4.63. The SMILES string of the molecule is O=C(O)Cc1ccc(CC2CCN(C(=O)c3ccc(-c4ccn[nH]4)cc3)C2)cc1. The minimum absolute atomic E-state index is 0.0468. The molecule has 0 aliphatic carbocycles. The van der Waals surface area contributed by atoms with Crippen LogP contribution in [-0.2, 0) is 17.6 Å². The number of amides is 1. The summed E-state index contributed by atoms with van der Waals surface area (Å²) in [5.74, 6) is -0.325. The number of benzene rings is 2. The molecule has 0 radical (unpaired) electrons. The largest absolute Gasteiger partial charge is 0.481 e. The minimum Gasteiger partial charge on any atom is -0.481 e. The molecule has 1 unspecified atom stereocenters. The van der Waals surface area contributed by atoms with E-state index in [2.05, 4.69) is 10.2 Å². The monoisotopic (exact) mass is 389 g/mol. The number of aromatic nitrogens is 2. The molecule has 1 amide bonds. The van der Waals surface area contributed by atoms with Crippen LogP contribution in [0.5, 0.6) is 0 Å². The first kappa shape index (κ1) is 18.9. The van der Waals surface area contributed by atoms with Crippen molar-refractivity contribution in [3.8, 4) is 11.3 Å². The number of carboxylic acids is 1. The average molecular weight is 389 g/mol. The topological polar surface area (TPSA) is 86.3 Å². The molecule has 4 rings (SSSR count). The van der Waals surface area contributed by atoms with Crippen molar-refractivity contribution in [2.24, 2.45) is 5.92 Å². The van der Waals surface area contributed by atoms with Gasteiger partial charge in [0.2, 0.25) is 0 Å². The number of H-pyrrole nitrogens is 1. The number of rotatable bonds is 6. The summed E-state index contributed by atoms with van der Waals surface area (Å²) in [7, 11) is 0. The Bertz CT molecular complexity index is 979. The van der Waals surface area contributed by atoms with Gasteiger partial charge in [0, 0.05) is 24.8 Å². The second-order valence-corrected chi connectivity index (χ2v) is 7.54. The molecule has 2 heterocycles. The summed E-state index contributed by atoms with van der Waals surface area (Å²) in [4.78, 5) is 25.6. The van der Waals surface area contributed by atoms with Gasteiger partial charge in [-0.15, -0.1) is 0 Å². The van der Waals surface area contributed by atoms with Crippen LogP contribution in [0.1, 0.15) is 27.9 Å². The van der Waals surface area contributed by atoms with Gasteiger partial charge in [-0.05, 0) is 53.6 Å². The number of carbonyl (C=O) groups excluding carboxylic acids is 1. The Labute approximate surface area is 169 Å². The van der Waals surface area contributed by atoms with E-state index in [1.807, 2.05) is 59.5 Å². The number of aliphatic carboxylic acids is 1. The third-order valence-electron chi connectivity index (χ3n) is 5.42. The summed E-state index contributed by atoms with van der Waals surface area (Å²) in [6, 6.07) is 17.3.